The smallest absolute Gasteiger partial charge is 0.0577 e. The molecule has 4 saturated carbocycles. The summed E-state index contributed by atoms with van der Waals surface area (Å²) in [4.78, 5) is 0. The molecule has 0 spiro atoms. The maximum atomic E-state index is 10.2. The van der Waals surface area contributed by atoms with Crippen LogP contribution in [-0.2, 0) is 0 Å². The molecule has 170 valence electrons. The fourth-order valence-electron chi connectivity index (χ4n) is 9.70. The third kappa shape index (κ3) is 3.36. The minimum atomic E-state index is -0.0764. The Labute approximate surface area is 186 Å². The lowest BCUT2D eigenvalue weighted by atomic mass is 9.47. The zero-order valence-corrected chi connectivity index (χ0v) is 20.5. The Morgan fingerprint density at radius 3 is 2.47 bits per heavy atom. The van der Waals surface area contributed by atoms with Gasteiger partial charge < -0.3 is 5.11 Å². The van der Waals surface area contributed by atoms with Gasteiger partial charge in [0.1, 0.15) is 0 Å². The van der Waals surface area contributed by atoms with Gasteiger partial charge in [0.05, 0.1) is 6.10 Å². The lowest BCUT2D eigenvalue weighted by molar-refractivity contribution is -0.0574. The highest BCUT2D eigenvalue weighted by molar-refractivity contribution is 5.25. The summed E-state index contributed by atoms with van der Waals surface area (Å²) >= 11 is 0. The van der Waals surface area contributed by atoms with Crippen molar-refractivity contribution in [1.82, 2.24) is 0 Å². The first kappa shape index (κ1) is 21.5. The molecule has 0 radical (unpaired) electrons. The minimum Gasteiger partial charge on any atom is -0.393 e. The van der Waals surface area contributed by atoms with Gasteiger partial charge in [-0.15, -0.1) is 0 Å². The third-order valence-electron chi connectivity index (χ3n) is 11.8. The highest BCUT2D eigenvalue weighted by atomic mass is 16.3. The average molecular weight is 413 g/mol. The van der Waals surface area contributed by atoms with Gasteiger partial charge in [-0.1, -0.05) is 59.1 Å². The molecular formula is C29H48O. The zero-order valence-electron chi connectivity index (χ0n) is 20.5. The van der Waals surface area contributed by atoms with E-state index in [9.17, 15) is 5.11 Å². The van der Waals surface area contributed by atoms with Crippen molar-refractivity contribution in [1.29, 1.82) is 0 Å². The van der Waals surface area contributed by atoms with E-state index >= 15 is 0 Å². The molecule has 1 N–H and O–H groups in total. The van der Waals surface area contributed by atoms with E-state index in [2.05, 4.69) is 40.7 Å². The zero-order chi connectivity index (χ0) is 21.3. The molecule has 0 saturated heterocycles. The fraction of sp³-hybridized carbons (Fsp3) is 0.931. The lowest BCUT2D eigenvalue weighted by Crippen LogP contribution is -2.50. The molecule has 5 aliphatic rings. The minimum absolute atomic E-state index is 0.0764. The van der Waals surface area contributed by atoms with Crippen molar-refractivity contribution >= 4 is 0 Å². The normalized spacial score (nSPS) is 51.9. The molecule has 1 heteroatoms. The van der Waals surface area contributed by atoms with Crippen molar-refractivity contribution in [3.8, 4) is 0 Å². The second-order valence-electron chi connectivity index (χ2n) is 13.3. The highest BCUT2D eigenvalue weighted by Gasteiger charge is 2.59. The summed E-state index contributed by atoms with van der Waals surface area (Å²) in [7, 11) is 0. The van der Waals surface area contributed by atoms with Crippen LogP contribution >= 0.6 is 0 Å². The molecular weight excluding hydrogens is 364 g/mol. The van der Waals surface area contributed by atoms with Crippen molar-refractivity contribution in [2.75, 3.05) is 0 Å². The SMILES string of the molecule is C[C@H](CC[C@H](C)[C@H]1C[C@@H]1C)[C@@H]1CC[C@H]2[C@@H]3CC=C4C[C@@H](O)CC[C@]4(C)[C@@H]3CC[C@]21C. The van der Waals surface area contributed by atoms with Gasteiger partial charge in [0.25, 0.3) is 0 Å². The van der Waals surface area contributed by atoms with E-state index in [4.69, 9.17) is 0 Å². The van der Waals surface area contributed by atoms with E-state index < -0.39 is 0 Å². The van der Waals surface area contributed by atoms with Crippen LogP contribution in [0, 0.1) is 58.2 Å². The predicted molar refractivity (Wildman–Crippen MR) is 126 cm³/mol. The van der Waals surface area contributed by atoms with Gasteiger partial charge in [-0.05, 0) is 116 Å². The Morgan fingerprint density at radius 2 is 1.73 bits per heavy atom. The second kappa shape index (κ2) is 7.64. The summed E-state index contributed by atoms with van der Waals surface area (Å²) in [6.07, 6.45) is 17.4. The van der Waals surface area contributed by atoms with Crippen LogP contribution in [0.4, 0.5) is 0 Å². The summed E-state index contributed by atoms with van der Waals surface area (Å²) < 4.78 is 0. The molecule has 1 nitrogen and oxygen atoms in total. The standard InChI is InChI=1S/C29H48O/c1-18(24-16-20(24)3)6-7-19(2)25-10-11-26-23-9-8-21-17-22(30)12-14-28(21,4)27(23)13-15-29(25,26)5/h8,18-20,22-27,30H,6-7,9-17H2,1-5H3/t18-,19+,20-,22-,23-,24+,25-,26-,27+,28-,29-/m0/s1. The summed E-state index contributed by atoms with van der Waals surface area (Å²) in [5.41, 5.74) is 2.60. The van der Waals surface area contributed by atoms with E-state index in [0.717, 1.165) is 60.2 Å². The molecule has 4 fully saturated rings. The molecule has 5 aliphatic carbocycles. The Morgan fingerprint density at radius 1 is 1.00 bits per heavy atom. The van der Waals surface area contributed by atoms with Crippen LogP contribution in [0.25, 0.3) is 0 Å². The molecule has 0 aliphatic heterocycles. The molecule has 0 aromatic heterocycles. The number of hydrogen-bond donors (Lipinski definition) is 1. The second-order valence-corrected chi connectivity index (χ2v) is 13.3. The van der Waals surface area contributed by atoms with Gasteiger partial charge in [-0.2, -0.15) is 0 Å². The van der Waals surface area contributed by atoms with E-state index in [1.807, 2.05) is 0 Å². The summed E-state index contributed by atoms with van der Waals surface area (Å²) in [5.74, 6) is 7.60. The molecule has 0 heterocycles. The Hall–Kier alpha value is -0.300. The fourth-order valence-corrected chi connectivity index (χ4v) is 9.70. The number of aliphatic hydroxyl groups excluding tert-OH is 1. The number of hydrogen-bond acceptors (Lipinski definition) is 1. The van der Waals surface area contributed by atoms with E-state index in [-0.39, 0.29) is 6.10 Å². The number of allylic oxidation sites excluding steroid dienone is 1. The molecule has 0 bridgehead atoms. The summed E-state index contributed by atoms with van der Waals surface area (Å²) in [5, 5.41) is 10.2. The third-order valence-corrected chi connectivity index (χ3v) is 11.8. The van der Waals surface area contributed by atoms with Crippen LogP contribution in [0.1, 0.15) is 105 Å². The van der Waals surface area contributed by atoms with Gasteiger partial charge in [-0.25, -0.2) is 0 Å². The van der Waals surface area contributed by atoms with E-state index in [0.29, 0.717) is 10.8 Å². The van der Waals surface area contributed by atoms with Gasteiger partial charge in [0.2, 0.25) is 0 Å². The first-order valence-electron chi connectivity index (χ1n) is 13.6. The number of rotatable bonds is 5. The first-order chi connectivity index (χ1) is 14.2. The monoisotopic (exact) mass is 412 g/mol. The average Bonchev–Trinajstić information content (AvgIpc) is 3.33. The van der Waals surface area contributed by atoms with E-state index in [1.54, 1.807) is 5.57 Å². The van der Waals surface area contributed by atoms with Crippen LogP contribution in [-0.4, -0.2) is 11.2 Å². The Balaban J connectivity index is 1.28. The lowest BCUT2D eigenvalue weighted by Gasteiger charge is -2.58. The largest absolute Gasteiger partial charge is 0.393 e. The van der Waals surface area contributed by atoms with Crippen molar-refractivity contribution in [3.05, 3.63) is 11.6 Å². The van der Waals surface area contributed by atoms with Gasteiger partial charge in [-0.3, -0.25) is 0 Å². The molecule has 0 aromatic carbocycles. The maximum Gasteiger partial charge on any atom is 0.0577 e. The van der Waals surface area contributed by atoms with Gasteiger partial charge in [0.15, 0.2) is 0 Å². The van der Waals surface area contributed by atoms with Crippen LogP contribution in [0.5, 0.6) is 0 Å². The highest BCUT2D eigenvalue weighted by Crippen LogP contribution is 2.67. The van der Waals surface area contributed by atoms with Gasteiger partial charge in [0, 0.05) is 0 Å². The topological polar surface area (TPSA) is 20.2 Å². The van der Waals surface area contributed by atoms with Crippen molar-refractivity contribution in [2.45, 2.75) is 111 Å². The summed E-state index contributed by atoms with van der Waals surface area (Å²) in [6.45, 7) is 12.9. The van der Waals surface area contributed by atoms with Crippen molar-refractivity contribution in [3.63, 3.8) is 0 Å². The van der Waals surface area contributed by atoms with Crippen LogP contribution < -0.4 is 0 Å². The van der Waals surface area contributed by atoms with Crippen LogP contribution in [0.3, 0.4) is 0 Å². The number of aliphatic hydroxyl groups is 1. The maximum absolute atomic E-state index is 10.2. The molecule has 0 aromatic rings. The predicted octanol–water partition coefficient (Wildman–Crippen LogP) is 7.63. The van der Waals surface area contributed by atoms with E-state index in [1.165, 1.54) is 57.8 Å². The molecule has 0 unspecified atom stereocenters. The van der Waals surface area contributed by atoms with Crippen molar-refractivity contribution < 1.29 is 5.11 Å². The Bertz CT molecular complexity index is 680. The van der Waals surface area contributed by atoms with Crippen LogP contribution in [0.2, 0.25) is 0 Å². The molecule has 0 amide bonds. The number of fused-ring (bicyclic) bond motifs is 5. The molecule has 5 rings (SSSR count). The summed E-state index contributed by atoms with van der Waals surface area (Å²) in [6, 6.07) is 0. The molecule has 30 heavy (non-hydrogen) atoms. The van der Waals surface area contributed by atoms with Crippen molar-refractivity contribution in [2.24, 2.45) is 58.2 Å². The first-order valence-corrected chi connectivity index (χ1v) is 13.6. The molecule has 11 atom stereocenters. The Kier molecular flexibility index (Phi) is 5.48. The van der Waals surface area contributed by atoms with Crippen LogP contribution in [0.15, 0.2) is 11.6 Å². The van der Waals surface area contributed by atoms with Gasteiger partial charge >= 0.3 is 0 Å². The quantitative estimate of drug-likeness (QED) is 0.460.